The van der Waals surface area contributed by atoms with Crippen LogP contribution in [-0.4, -0.2) is 47.4 Å². The summed E-state index contributed by atoms with van der Waals surface area (Å²) in [6.45, 7) is 0. The van der Waals surface area contributed by atoms with Crippen LogP contribution < -0.4 is 0 Å². The number of amides is 2. The summed E-state index contributed by atoms with van der Waals surface area (Å²) >= 11 is 1.55. The van der Waals surface area contributed by atoms with E-state index in [2.05, 4.69) is 10.2 Å². The van der Waals surface area contributed by atoms with Gasteiger partial charge in [-0.25, -0.2) is 10.0 Å². The molecule has 0 unspecified atom stereocenters. The SMILES string of the molecule is CN1N=C(c2ccccc2)[C@H](C(c2cccs2)[C@@H]2C(=O)N(C)N=C2c2ccccc2)C1=O. The summed E-state index contributed by atoms with van der Waals surface area (Å²) in [5, 5.41) is 14.0. The lowest BCUT2D eigenvalue weighted by molar-refractivity contribution is -0.133. The van der Waals surface area contributed by atoms with E-state index in [1.54, 1.807) is 25.4 Å². The first-order chi connectivity index (χ1) is 15.6. The van der Waals surface area contributed by atoms with Crippen molar-refractivity contribution in [3.63, 3.8) is 0 Å². The molecule has 2 aromatic carbocycles. The van der Waals surface area contributed by atoms with Crippen molar-refractivity contribution in [3.8, 4) is 0 Å². The summed E-state index contributed by atoms with van der Waals surface area (Å²) in [5.74, 6) is -1.82. The zero-order valence-corrected chi connectivity index (χ0v) is 18.6. The minimum Gasteiger partial charge on any atom is -0.272 e. The molecule has 2 atom stereocenters. The highest BCUT2D eigenvalue weighted by atomic mass is 32.1. The second-order valence-corrected chi connectivity index (χ2v) is 8.90. The standard InChI is InChI=1S/C25H22N4O2S/c1-28-24(30)20(22(26-28)16-10-5-3-6-11-16)19(18-14-9-15-32-18)21-23(27-29(2)25(21)31)17-12-7-4-8-13-17/h3-15,19-21H,1-2H3/t20-,21-/m0/s1. The number of carbonyl (C=O) groups excluding carboxylic acids is 2. The maximum Gasteiger partial charge on any atom is 0.252 e. The van der Waals surface area contributed by atoms with Crippen molar-refractivity contribution in [2.75, 3.05) is 14.1 Å². The van der Waals surface area contributed by atoms with Crippen molar-refractivity contribution in [2.45, 2.75) is 5.92 Å². The molecule has 1 aromatic heterocycles. The largest absolute Gasteiger partial charge is 0.272 e. The van der Waals surface area contributed by atoms with Gasteiger partial charge < -0.3 is 0 Å². The Morgan fingerprint density at radius 2 is 1.19 bits per heavy atom. The van der Waals surface area contributed by atoms with Crippen LogP contribution in [0.15, 0.2) is 88.4 Å². The van der Waals surface area contributed by atoms with Crippen LogP contribution in [0.4, 0.5) is 0 Å². The molecule has 3 aromatic rings. The van der Waals surface area contributed by atoms with E-state index in [-0.39, 0.29) is 11.8 Å². The smallest absolute Gasteiger partial charge is 0.252 e. The number of carbonyl (C=O) groups is 2. The Labute approximate surface area is 190 Å². The topological polar surface area (TPSA) is 65.3 Å². The van der Waals surface area contributed by atoms with Crippen molar-refractivity contribution < 1.29 is 9.59 Å². The monoisotopic (exact) mass is 442 g/mol. The van der Waals surface area contributed by atoms with E-state index < -0.39 is 17.8 Å². The van der Waals surface area contributed by atoms with E-state index in [1.165, 1.54) is 10.0 Å². The summed E-state index contributed by atoms with van der Waals surface area (Å²) in [4.78, 5) is 27.9. The second kappa shape index (κ2) is 8.16. The molecule has 0 radical (unpaired) electrons. The lowest BCUT2D eigenvalue weighted by Gasteiger charge is -2.28. The van der Waals surface area contributed by atoms with Gasteiger partial charge in [-0.05, 0) is 22.6 Å². The number of nitrogens with zero attached hydrogens (tertiary/aromatic N) is 4. The molecule has 2 aliphatic heterocycles. The summed E-state index contributed by atoms with van der Waals surface area (Å²) in [5.41, 5.74) is 3.14. The zero-order valence-electron chi connectivity index (χ0n) is 17.8. The van der Waals surface area contributed by atoms with E-state index in [1.807, 2.05) is 78.2 Å². The van der Waals surface area contributed by atoms with Crippen molar-refractivity contribution >= 4 is 34.6 Å². The number of hydrogen-bond donors (Lipinski definition) is 0. The van der Waals surface area contributed by atoms with E-state index in [9.17, 15) is 9.59 Å². The lowest BCUT2D eigenvalue weighted by atomic mass is 9.73. The highest BCUT2D eigenvalue weighted by molar-refractivity contribution is 7.10. The summed E-state index contributed by atoms with van der Waals surface area (Å²) in [7, 11) is 3.34. The Morgan fingerprint density at radius 3 is 1.59 bits per heavy atom. The van der Waals surface area contributed by atoms with Crippen LogP contribution in [0, 0.1) is 11.8 Å². The molecule has 3 heterocycles. The van der Waals surface area contributed by atoms with Crippen molar-refractivity contribution in [1.82, 2.24) is 10.0 Å². The van der Waals surface area contributed by atoms with E-state index in [0.29, 0.717) is 11.4 Å². The van der Waals surface area contributed by atoms with Gasteiger partial charge in [0.05, 0.1) is 23.3 Å². The van der Waals surface area contributed by atoms with Gasteiger partial charge in [0.25, 0.3) is 11.8 Å². The molecule has 7 heteroatoms. The van der Waals surface area contributed by atoms with Crippen LogP contribution >= 0.6 is 11.3 Å². The molecule has 2 aliphatic rings. The maximum absolute atomic E-state index is 13.5. The van der Waals surface area contributed by atoms with E-state index in [0.717, 1.165) is 16.0 Å². The third kappa shape index (κ3) is 3.35. The van der Waals surface area contributed by atoms with E-state index in [4.69, 9.17) is 0 Å². The molecule has 0 bridgehead atoms. The first-order valence-corrected chi connectivity index (χ1v) is 11.3. The van der Waals surface area contributed by atoms with Gasteiger partial charge in [0.1, 0.15) is 0 Å². The Bertz CT molecular complexity index is 1130. The number of hydrogen-bond acceptors (Lipinski definition) is 5. The van der Waals surface area contributed by atoms with Crippen LogP contribution in [0.2, 0.25) is 0 Å². The van der Waals surface area contributed by atoms with Gasteiger partial charge in [0.15, 0.2) is 0 Å². The maximum atomic E-state index is 13.5. The second-order valence-electron chi connectivity index (χ2n) is 7.92. The predicted molar refractivity (Wildman–Crippen MR) is 126 cm³/mol. The molecule has 0 spiro atoms. The van der Waals surface area contributed by atoms with Gasteiger partial charge in [-0.15, -0.1) is 11.3 Å². The van der Waals surface area contributed by atoms with Gasteiger partial charge in [0.2, 0.25) is 0 Å². The Balaban J connectivity index is 1.67. The van der Waals surface area contributed by atoms with Gasteiger partial charge in [0, 0.05) is 24.9 Å². The fraction of sp³-hybridized carbons (Fsp3) is 0.200. The minimum absolute atomic E-state index is 0.114. The number of rotatable bonds is 5. The number of benzene rings is 2. The normalized spacial score (nSPS) is 20.8. The molecule has 2 amide bonds. The molecule has 160 valence electrons. The Kier molecular flexibility index (Phi) is 5.19. The first-order valence-electron chi connectivity index (χ1n) is 10.4. The van der Waals surface area contributed by atoms with Gasteiger partial charge >= 0.3 is 0 Å². The lowest BCUT2D eigenvalue weighted by Crippen LogP contribution is -2.40. The molecule has 5 rings (SSSR count). The van der Waals surface area contributed by atoms with Gasteiger partial charge in [-0.1, -0.05) is 66.7 Å². The predicted octanol–water partition coefficient (Wildman–Crippen LogP) is 3.82. The highest BCUT2D eigenvalue weighted by Gasteiger charge is 2.51. The van der Waals surface area contributed by atoms with Crippen LogP contribution in [0.25, 0.3) is 0 Å². The third-order valence-corrected chi connectivity index (χ3v) is 6.98. The zero-order chi connectivity index (χ0) is 22.2. The first kappa shape index (κ1) is 20.3. The molecule has 0 N–H and O–H groups in total. The number of hydrazone groups is 2. The van der Waals surface area contributed by atoms with Crippen molar-refractivity contribution in [1.29, 1.82) is 0 Å². The molecule has 0 saturated carbocycles. The van der Waals surface area contributed by atoms with Gasteiger partial charge in [-0.2, -0.15) is 10.2 Å². The Hall–Kier alpha value is -3.58. The van der Waals surface area contributed by atoms with Crippen LogP contribution in [0.1, 0.15) is 21.9 Å². The summed E-state index contributed by atoms with van der Waals surface area (Å²) in [6, 6.07) is 23.4. The Morgan fingerprint density at radius 1 is 0.719 bits per heavy atom. The van der Waals surface area contributed by atoms with Crippen LogP contribution in [0.3, 0.4) is 0 Å². The quantitative estimate of drug-likeness (QED) is 0.603. The molecular formula is C25H22N4O2S. The summed E-state index contributed by atoms with van der Waals surface area (Å²) in [6.07, 6.45) is 0. The molecule has 32 heavy (non-hydrogen) atoms. The molecular weight excluding hydrogens is 420 g/mol. The average Bonchev–Trinajstić information content (AvgIpc) is 3.53. The third-order valence-electron chi connectivity index (χ3n) is 6.00. The average molecular weight is 443 g/mol. The van der Waals surface area contributed by atoms with E-state index >= 15 is 0 Å². The molecule has 0 aliphatic carbocycles. The molecule has 6 nitrogen and oxygen atoms in total. The van der Waals surface area contributed by atoms with Crippen LogP contribution in [0.5, 0.6) is 0 Å². The highest BCUT2D eigenvalue weighted by Crippen LogP contribution is 2.44. The summed E-state index contributed by atoms with van der Waals surface area (Å²) < 4.78 is 0. The minimum atomic E-state index is -0.588. The molecule has 0 fully saturated rings. The van der Waals surface area contributed by atoms with Gasteiger partial charge in [-0.3, -0.25) is 9.59 Å². The van der Waals surface area contributed by atoms with Crippen molar-refractivity contribution in [3.05, 3.63) is 94.2 Å². The van der Waals surface area contributed by atoms with Crippen LogP contribution in [-0.2, 0) is 9.59 Å². The molecule has 0 saturated heterocycles. The fourth-order valence-electron chi connectivity index (χ4n) is 4.52. The number of thiophene rings is 1. The fourth-order valence-corrected chi connectivity index (χ4v) is 5.43. The van der Waals surface area contributed by atoms with Crippen molar-refractivity contribution in [2.24, 2.45) is 22.0 Å².